The third-order valence-electron chi connectivity index (χ3n) is 10.1. The number of aliphatic hydroxyl groups is 2. The summed E-state index contributed by atoms with van der Waals surface area (Å²) in [6, 6.07) is -0.731. The first-order valence-corrected chi connectivity index (χ1v) is 23.4. The summed E-state index contributed by atoms with van der Waals surface area (Å²) in [4.78, 5) is 26.0. The first-order valence-electron chi connectivity index (χ1n) is 23.4. The van der Waals surface area contributed by atoms with Gasteiger partial charge >= 0.3 is 5.97 Å². The van der Waals surface area contributed by atoms with Crippen LogP contribution in [0.25, 0.3) is 0 Å². The Kier molecular flexibility index (Phi) is 41.9. The SMILES string of the molecule is CC\C=C/C=C/C=C/C=C\C=C\C=C\CCCC(CC(=O)NC(CO)C(O)CCCCCCCCCCCC)OC(=O)CCCCC/C=C\CCCCCCCC. The van der Waals surface area contributed by atoms with E-state index in [4.69, 9.17) is 4.74 Å². The van der Waals surface area contributed by atoms with Gasteiger partial charge in [-0.15, -0.1) is 0 Å². The lowest BCUT2D eigenvalue weighted by atomic mass is 10.0. The van der Waals surface area contributed by atoms with E-state index in [1.807, 2.05) is 60.8 Å². The molecule has 0 aliphatic heterocycles. The molecule has 0 bridgehead atoms. The maximum absolute atomic E-state index is 13.1. The smallest absolute Gasteiger partial charge is 0.306 e. The highest BCUT2D eigenvalue weighted by molar-refractivity contribution is 5.77. The van der Waals surface area contributed by atoms with Crippen molar-refractivity contribution < 1.29 is 24.5 Å². The first-order chi connectivity index (χ1) is 28.0. The average molecular weight is 794 g/mol. The summed E-state index contributed by atoms with van der Waals surface area (Å²) in [5.74, 6) is -0.577. The zero-order chi connectivity index (χ0) is 41.7. The largest absolute Gasteiger partial charge is 0.462 e. The lowest BCUT2D eigenvalue weighted by molar-refractivity contribution is -0.151. The van der Waals surface area contributed by atoms with E-state index in [1.54, 1.807) is 0 Å². The fraction of sp³-hybridized carbons (Fsp3) is 0.686. The molecule has 326 valence electrons. The molecule has 6 nitrogen and oxygen atoms in total. The van der Waals surface area contributed by atoms with Crippen LogP contribution in [-0.4, -0.2) is 46.9 Å². The normalized spacial score (nSPS) is 14.1. The van der Waals surface area contributed by atoms with Crippen molar-refractivity contribution in [3.8, 4) is 0 Å². The lowest BCUT2D eigenvalue weighted by Gasteiger charge is -2.24. The van der Waals surface area contributed by atoms with Crippen LogP contribution in [0.1, 0.15) is 201 Å². The van der Waals surface area contributed by atoms with Crippen molar-refractivity contribution in [2.75, 3.05) is 6.61 Å². The molecule has 0 aliphatic rings. The van der Waals surface area contributed by atoms with Crippen LogP contribution in [-0.2, 0) is 14.3 Å². The van der Waals surface area contributed by atoms with Gasteiger partial charge < -0.3 is 20.3 Å². The number of unbranched alkanes of at least 4 members (excludes halogenated alkanes) is 19. The zero-order valence-corrected chi connectivity index (χ0v) is 36.9. The monoisotopic (exact) mass is 794 g/mol. The Hall–Kier alpha value is -2.96. The van der Waals surface area contributed by atoms with Gasteiger partial charge in [0, 0.05) is 6.42 Å². The van der Waals surface area contributed by atoms with Gasteiger partial charge in [0.1, 0.15) is 6.10 Å². The van der Waals surface area contributed by atoms with Crippen LogP contribution >= 0.6 is 0 Å². The Morgan fingerprint density at radius 1 is 0.526 bits per heavy atom. The van der Waals surface area contributed by atoms with Crippen molar-refractivity contribution >= 4 is 11.9 Å². The van der Waals surface area contributed by atoms with Crippen LogP contribution in [0.3, 0.4) is 0 Å². The summed E-state index contributed by atoms with van der Waals surface area (Å²) in [6.45, 7) is 6.27. The average Bonchev–Trinajstić information content (AvgIpc) is 3.20. The number of nitrogens with one attached hydrogen (secondary N) is 1. The second kappa shape index (κ2) is 44.1. The highest BCUT2D eigenvalue weighted by Crippen LogP contribution is 2.16. The molecule has 0 saturated carbocycles. The van der Waals surface area contributed by atoms with Crippen molar-refractivity contribution in [3.63, 3.8) is 0 Å². The topological polar surface area (TPSA) is 95.9 Å². The Morgan fingerprint density at radius 3 is 1.51 bits per heavy atom. The van der Waals surface area contributed by atoms with E-state index >= 15 is 0 Å². The van der Waals surface area contributed by atoms with Gasteiger partial charge in [-0.25, -0.2) is 0 Å². The van der Waals surface area contributed by atoms with Crippen LogP contribution in [0.4, 0.5) is 0 Å². The van der Waals surface area contributed by atoms with Crippen LogP contribution in [0.15, 0.2) is 85.1 Å². The van der Waals surface area contributed by atoms with Gasteiger partial charge in [0.25, 0.3) is 0 Å². The maximum atomic E-state index is 13.1. The summed E-state index contributed by atoms with van der Waals surface area (Å²) in [5, 5.41) is 23.6. The molecule has 6 heteroatoms. The molecule has 0 rings (SSSR count). The van der Waals surface area contributed by atoms with Gasteiger partial charge in [-0.1, -0.05) is 209 Å². The molecular weight excluding hydrogens is 707 g/mol. The first kappa shape index (κ1) is 54.0. The Balaban J connectivity index is 4.81. The molecule has 0 saturated heterocycles. The Labute approximate surface area is 351 Å². The van der Waals surface area contributed by atoms with Crippen molar-refractivity contribution in [2.24, 2.45) is 0 Å². The summed E-state index contributed by atoms with van der Waals surface area (Å²) in [6.07, 6.45) is 56.4. The van der Waals surface area contributed by atoms with Gasteiger partial charge in [0.15, 0.2) is 0 Å². The van der Waals surface area contributed by atoms with Gasteiger partial charge in [-0.05, 0) is 64.2 Å². The third-order valence-corrected chi connectivity index (χ3v) is 10.1. The number of hydrogen-bond acceptors (Lipinski definition) is 5. The molecule has 0 aromatic carbocycles. The van der Waals surface area contributed by atoms with Crippen molar-refractivity contribution in [1.82, 2.24) is 5.32 Å². The number of ether oxygens (including phenoxy) is 1. The van der Waals surface area contributed by atoms with Gasteiger partial charge in [0.05, 0.1) is 25.2 Å². The number of rotatable bonds is 40. The molecular formula is C51H87NO5. The van der Waals surface area contributed by atoms with Crippen molar-refractivity contribution in [2.45, 2.75) is 219 Å². The number of amides is 1. The van der Waals surface area contributed by atoms with Crippen molar-refractivity contribution in [1.29, 1.82) is 0 Å². The van der Waals surface area contributed by atoms with Crippen molar-refractivity contribution in [3.05, 3.63) is 85.1 Å². The van der Waals surface area contributed by atoms with E-state index in [0.29, 0.717) is 19.3 Å². The molecule has 0 spiro atoms. The number of carbonyl (C=O) groups excluding carboxylic acids is 2. The summed E-state index contributed by atoms with van der Waals surface area (Å²) in [7, 11) is 0. The maximum Gasteiger partial charge on any atom is 0.306 e. The number of hydrogen-bond donors (Lipinski definition) is 3. The van der Waals surface area contributed by atoms with Crippen LogP contribution in [0.2, 0.25) is 0 Å². The quantitative estimate of drug-likeness (QED) is 0.0248. The predicted molar refractivity (Wildman–Crippen MR) is 245 cm³/mol. The minimum Gasteiger partial charge on any atom is -0.462 e. The number of esters is 1. The summed E-state index contributed by atoms with van der Waals surface area (Å²) < 4.78 is 5.86. The van der Waals surface area contributed by atoms with Crippen LogP contribution in [0.5, 0.6) is 0 Å². The molecule has 0 aliphatic carbocycles. The zero-order valence-electron chi connectivity index (χ0n) is 36.9. The standard InChI is InChI=1S/C51H87NO5/c1-4-7-10-13-16-19-22-24-25-27-28-30-33-36-39-42-47(57-51(56)44-41-38-35-32-29-26-23-20-17-14-11-8-5-2)45-50(55)52-48(46-53)49(54)43-40-37-34-31-21-18-15-12-9-6-3/h7,10,13,16,19,22,24-30,33,47-49,53-54H,4-6,8-9,11-12,14-15,17-18,20-21,23,31-32,34-46H2,1-3H3,(H,52,55)/b10-7-,16-13+,22-19+,25-24-,28-27+,29-26-,33-30+. The minimum absolute atomic E-state index is 0.0165. The van der Waals surface area contributed by atoms with Crippen LogP contribution in [0, 0.1) is 0 Å². The number of carbonyl (C=O) groups is 2. The molecule has 0 radical (unpaired) electrons. The van der Waals surface area contributed by atoms with E-state index in [1.165, 1.54) is 83.5 Å². The van der Waals surface area contributed by atoms with E-state index < -0.39 is 18.2 Å². The number of aliphatic hydroxyl groups excluding tert-OH is 2. The molecule has 3 unspecified atom stereocenters. The second-order valence-electron chi connectivity index (χ2n) is 15.6. The molecule has 0 aromatic heterocycles. The Morgan fingerprint density at radius 2 is 0.982 bits per heavy atom. The molecule has 0 fully saturated rings. The fourth-order valence-corrected chi connectivity index (χ4v) is 6.58. The molecule has 0 aromatic rings. The van der Waals surface area contributed by atoms with E-state index in [-0.39, 0.29) is 24.9 Å². The molecule has 0 heterocycles. The highest BCUT2D eigenvalue weighted by atomic mass is 16.5. The predicted octanol–water partition coefficient (Wildman–Crippen LogP) is 13.6. The summed E-state index contributed by atoms with van der Waals surface area (Å²) >= 11 is 0. The highest BCUT2D eigenvalue weighted by Gasteiger charge is 2.24. The lowest BCUT2D eigenvalue weighted by Crippen LogP contribution is -2.46. The van der Waals surface area contributed by atoms with E-state index in [2.05, 4.69) is 50.4 Å². The van der Waals surface area contributed by atoms with Gasteiger partial charge in [-0.3, -0.25) is 9.59 Å². The van der Waals surface area contributed by atoms with Gasteiger partial charge in [0.2, 0.25) is 5.91 Å². The van der Waals surface area contributed by atoms with E-state index in [9.17, 15) is 19.8 Å². The van der Waals surface area contributed by atoms with Gasteiger partial charge in [-0.2, -0.15) is 0 Å². The Bertz CT molecular complexity index is 1120. The minimum atomic E-state index is -0.812. The fourth-order valence-electron chi connectivity index (χ4n) is 6.58. The molecule has 1 amide bonds. The summed E-state index contributed by atoms with van der Waals surface area (Å²) in [5.41, 5.74) is 0. The molecule has 3 atom stereocenters. The molecule has 3 N–H and O–H groups in total. The molecule has 57 heavy (non-hydrogen) atoms. The number of allylic oxidation sites excluding steroid dienone is 14. The van der Waals surface area contributed by atoms with E-state index in [0.717, 1.165) is 70.6 Å². The third kappa shape index (κ3) is 39.6. The van der Waals surface area contributed by atoms with Crippen LogP contribution < -0.4 is 5.32 Å². The second-order valence-corrected chi connectivity index (χ2v) is 15.6.